The van der Waals surface area contributed by atoms with Crippen LogP contribution in [0.2, 0.25) is 0 Å². The number of hydrogen-bond donors (Lipinski definition) is 2. The predicted molar refractivity (Wildman–Crippen MR) is 109 cm³/mol. The number of benzene rings is 2. The van der Waals surface area contributed by atoms with Crippen molar-refractivity contribution in [2.45, 2.75) is 43.6 Å². The number of aromatic carboxylic acids is 1. The van der Waals surface area contributed by atoms with Crippen molar-refractivity contribution in [3.05, 3.63) is 59.7 Å². The first kappa shape index (κ1) is 18.4. The summed E-state index contributed by atoms with van der Waals surface area (Å²) in [6.45, 7) is 1.50. The summed E-state index contributed by atoms with van der Waals surface area (Å²) in [6.07, 6.45) is 4.38. The van der Waals surface area contributed by atoms with Gasteiger partial charge in [-0.2, -0.15) is 0 Å². The number of rotatable bonds is 4. The molecule has 1 spiro atoms. The number of likely N-dealkylation sites (tertiary alicyclic amines) is 1. The maximum atomic E-state index is 12.3. The summed E-state index contributed by atoms with van der Waals surface area (Å²) >= 11 is 0. The zero-order valence-corrected chi connectivity index (χ0v) is 16.3. The van der Waals surface area contributed by atoms with Crippen molar-refractivity contribution < 1.29 is 19.8 Å². The van der Waals surface area contributed by atoms with Crippen LogP contribution in [0.1, 0.15) is 53.9 Å². The number of nitrogens with zero attached hydrogens (tertiary/aromatic N) is 1. The number of aliphatic hydroxyl groups is 1. The van der Waals surface area contributed by atoms with E-state index in [0.717, 1.165) is 43.5 Å². The number of hydrogen-bond acceptors (Lipinski definition) is 3. The van der Waals surface area contributed by atoms with E-state index in [-0.39, 0.29) is 5.91 Å². The van der Waals surface area contributed by atoms with Crippen molar-refractivity contribution in [2.24, 2.45) is 5.41 Å². The predicted octanol–water partition coefficient (Wildman–Crippen LogP) is 3.67. The van der Waals surface area contributed by atoms with Crippen LogP contribution in [0.3, 0.4) is 0 Å². The van der Waals surface area contributed by atoms with Gasteiger partial charge in [-0.3, -0.25) is 4.79 Å². The highest BCUT2D eigenvalue weighted by molar-refractivity contribution is 5.89. The second-order valence-electron chi connectivity index (χ2n) is 8.95. The standard InChI is InChI=1S/C24H25NO4/c26-21(27)19-3-1-2-18(14-19)16-4-6-17(7-5-16)20-15-23(20)10-12-25(13-11-23)22(28)24(29)8-9-24/h1-7,14,20,29H,8-13,15H2,(H,26,27)/t20-/m0/s1. The van der Waals surface area contributed by atoms with E-state index in [9.17, 15) is 19.8 Å². The Hall–Kier alpha value is -2.66. The van der Waals surface area contributed by atoms with Crippen molar-refractivity contribution in [1.82, 2.24) is 4.90 Å². The van der Waals surface area contributed by atoms with E-state index in [4.69, 9.17) is 0 Å². The minimum Gasteiger partial charge on any atom is -0.478 e. The number of carboxylic acid groups (broad SMARTS) is 1. The van der Waals surface area contributed by atoms with Gasteiger partial charge < -0.3 is 15.1 Å². The van der Waals surface area contributed by atoms with Crippen LogP contribution in [0, 0.1) is 5.41 Å². The average molecular weight is 391 g/mol. The zero-order valence-electron chi connectivity index (χ0n) is 16.3. The average Bonchev–Trinajstić information content (AvgIpc) is 3.66. The lowest BCUT2D eigenvalue weighted by Crippen LogP contribution is -2.45. The fraction of sp³-hybridized carbons (Fsp3) is 0.417. The molecule has 2 aromatic rings. The van der Waals surface area contributed by atoms with Gasteiger partial charge in [0.2, 0.25) is 0 Å². The van der Waals surface area contributed by atoms with Crippen molar-refractivity contribution in [3.63, 3.8) is 0 Å². The van der Waals surface area contributed by atoms with E-state index in [1.54, 1.807) is 18.2 Å². The van der Waals surface area contributed by atoms with Crippen molar-refractivity contribution >= 4 is 11.9 Å². The van der Waals surface area contributed by atoms with Crippen LogP contribution < -0.4 is 0 Å². The zero-order chi connectivity index (χ0) is 20.2. The summed E-state index contributed by atoms with van der Waals surface area (Å²) < 4.78 is 0. The van der Waals surface area contributed by atoms with E-state index in [1.165, 1.54) is 5.56 Å². The van der Waals surface area contributed by atoms with Gasteiger partial charge in [0, 0.05) is 13.1 Å². The smallest absolute Gasteiger partial charge is 0.335 e. The number of carboxylic acids is 1. The summed E-state index contributed by atoms with van der Waals surface area (Å²) in [5, 5.41) is 19.3. The molecule has 1 saturated heterocycles. The molecule has 1 aliphatic heterocycles. The molecule has 2 N–H and O–H groups in total. The second-order valence-corrected chi connectivity index (χ2v) is 8.95. The Morgan fingerprint density at radius 1 is 0.931 bits per heavy atom. The Morgan fingerprint density at radius 3 is 2.24 bits per heavy atom. The maximum absolute atomic E-state index is 12.3. The molecule has 29 heavy (non-hydrogen) atoms. The number of piperidine rings is 1. The van der Waals surface area contributed by atoms with Gasteiger partial charge in [0.1, 0.15) is 5.60 Å². The first-order valence-electron chi connectivity index (χ1n) is 10.4. The minimum atomic E-state index is -1.05. The summed E-state index contributed by atoms with van der Waals surface area (Å²) in [6, 6.07) is 15.5. The third-order valence-electron chi connectivity index (χ3n) is 7.11. The van der Waals surface area contributed by atoms with Gasteiger partial charge in [-0.15, -0.1) is 0 Å². The molecule has 150 valence electrons. The van der Waals surface area contributed by atoms with Crippen molar-refractivity contribution in [1.29, 1.82) is 0 Å². The first-order valence-corrected chi connectivity index (χ1v) is 10.4. The van der Waals surface area contributed by atoms with Gasteiger partial charge in [-0.1, -0.05) is 36.4 Å². The molecule has 1 amide bonds. The number of carbonyl (C=O) groups is 2. The van der Waals surface area contributed by atoms with Gasteiger partial charge in [0.05, 0.1) is 5.56 Å². The monoisotopic (exact) mass is 391 g/mol. The van der Waals surface area contributed by atoms with E-state index in [1.807, 2.05) is 11.0 Å². The Kier molecular flexibility index (Phi) is 4.07. The molecule has 1 atom stereocenters. The highest BCUT2D eigenvalue weighted by atomic mass is 16.4. The number of carbonyl (C=O) groups excluding carboxylic acids is 1. The minimum absolute atomic E-state index is 0.0718. The lowest BCUT2D eigenvalue weighted by atomic mass is 9.88. The molecular weight excluding hydrogens is 366 g/mol. The fourth-order valence-corrected chi connectivity index (χ4v) is 4.89. The first-order chi connectivity index (χ1) is 13.9. The number of amides is 1. The molecule has 3 aliphatic rings. The fourth-order valence-electron chi connectivity index (χ4n) is 4.89. The van der Waals surface area contributed by atoms with Gasteiger partial charge in [0.25, 0.3) is 5.91 Å². The van der Waals surface area contributed by atoms with Gasteiger partial charge in [0.15, 0.2) is 0 Å². The quantitative estimate of drug-likeness (QED) is 0.834. The third-order valence-corrected chi connectivity index (χ3v) is 7.11. The molecule has 2 aromatic carbocycles. The van der Waals surface area contributed by atoms with Crippen molar-refractivity contribution in [3.8, 4) is 11.1 Å². The summed E-state index contributed by atoms with van der Waals surface area (Å²) in [7, 11) is 0. The lowest BCUT2D eigenvalue weighted by molar-refractivity contribution is -0.144. The molecule has 0 unspecified atom stereocenters. The Labute approximate surface area is 170 Å². The molecule has 2 aliphatic carbocycles. The highest BCUT2D eigenvalue weighted by Crippen LogP contribution is 2.65. The molecular formula is C24H25NO4. The molecule has 5 nitrogen and oxygen atoms in total. The second kappa shape index (κ2) is 6.42. The van der Waals surface area contributed by atoms with Crippen LogP contribution >= 0.6 is 0 Å². The Morgan fingerprint density at radius 2 is 1.62 bits per heavy atom. The molecule has 1 heterocycles. The molecule has 0 aromatic heterocycles. The summed E-state index contributed by atoms with van der Waals surface area (Å²) in [5.41, 5.74) is 2.79. The van der Waals surface area contributed by atoms with Gasteiger partial charge >= 0.3 is 5.97 Å². The summed E-state index contributed by atoms with van der Waals surface area (Å²) in [5.74, 6) is -0.456. The van der Waals surface area contributed by atoms with Gasteiger partial charge in [-0.25, -0.2) is 4.79 Å². The van der Waals surface area contributed by atoms with E-state index in [0.29, 0.717) is 29.7 Å². The van der Waals surface area contributed by atoms with Crippen LogP contribution in [-0.4, -0.2) is 45.7 Å². The van der Waals surface area contributed by atoms with Crippen LogP contribution in [0.15, 0.2) is 48.5 Å². The van der Waals surface area contributed by atoms with Crippen LogP contribution in [0.4, 0.5) is 0 Å². The van der Waals surface area contributed by atoms with E-state index < -0.39 is 11.6 Å². The van der Waals surface area contributed by atoms with Crippen LogP contribution in [0.5, 0.6) is 0 Å². The van der Waals surface area contributed by atoms with Crippen LogP contribution in [-0.2, 0) is 4.79 Å². The van der Waals surface area contributed by atoms with E-state index >= 15 is 0 Å². The molecule has 5 rings (SSSR count). The SMILES string of the molecule is O=C(O)c1cccc(-c2ccc([C@@H]3CC34CCN(C(=O)C3(O)CC3)CC4)cc2)c1. The van der Waals surface area contributed by atoms with Gasteiger partial charge in [-0.05, 0) is 72.3 Å². The van der Waals surface area contributed by atoms with Crippen LogP contribution in [0.25, 0.3) is 11.1 Å². The largest absolute Gasteiger partial charge is 0.478 e. The summed E-state index contributed by atoms with van der Waals surface area (Å²) in [4.78, 5) is 25.4. The molecule has 2 saturated carbocycles. The van der Waals surface area contributed by atoms with Crippen molar-refractivity contribution in [2.75, 3.05) is 13.1 Å². The normalized spacial score (nSPS) is 23.6. The third kappa shape index (κ3) is 3.23. The molecule has 3 fully saturated rings. The highest BCUT2D eigenvalue weighted by Gasteiger charge is 2.57. The molecule has 0 radical (unpaired) electrons. The lowest BCUT2D eigenvalue weighted by Gasteiger charge is -2.34. The Balaban J connectivity index is 1.25. The Bertz CT molecular complexity index is 969. The van der Waals surface area contributed by atoms with E-state index in [2.05, 4.69) is 24.3 Å². The molecule has 5 heteroatoms. The molecule has 0 bridgehead atoms. The topological polar surface area (TPSA) is 77.8 Å². The maximum Gasteiger partial charge on any atom is 0.335 e.